The van der Waals surface area contributed by atoms with Crippen LogP contribution in [0.2, 0.25) is 0 Å². The second-order valence-electron chi connectivity index (χ2n) is 8.61. The first kappa shape index (κ1) is 25.3. The molecule has 9 nitrogen and oxygen atoms in total. The molecule has 2 saturated heterocycles. The number of hydrogen-bond donors (Lipinski definition) is 1. The maximum atomic E-state index is 13.2. The third-order valence-corrected chi connectivity index (χ3v) is 8.12. The van der Waals surface area contributed by atoms with Gasteiger partial charge in [0.1, 0.15) is 11.5 Å². The molecular weight excluding hydrogens is 470 g/mol. The van der Waals surface area contributed by atoms with E-state index in [9.17, 15) is 13.2 Å². The van der Waals surface area contributed by atoms with E-state index in [1.807, 2.05) is 0 Å². The summed E-state index contributed by atoms with van der Waals surface area (Å²) in [5.41, 5.74) is 1.30. The molecule has 10 heteroatoms. The third-order valence-electron chi connectivity index (χ3n) is 6.23. The molecule has 0 aliphatic carbocycles. The minimum absolute atomic E-state index is 0.157. The Hall–Kier alpha value is -2.82. The molecule has 190 valence electrons. The average molecular weight is 504 g/mol. The van der Waals surface area contributed by atoms with Crippen LogP contribution < -0.4 is 19.7 Å². The molecule has 1 amide bonds. The van der Waals surface area contributed by atoms with Gasteiger partial charge in [0.25, 0.3) is 5.91 Å². The molecule has 1 N–H and O–H groups in total. The number of anilines is 2. The van der Waals surface area contributed by atoms with Crippen molar-refractivity contribution < 1.29 is 27.4 Å². The van der Waals surface area contributed by atoms with Gasteiger partial charge in [-0.2, -0.15) is 4.31 Å². The summed E-state index contributed by atoms with van der Waals surface area (Å²) in [6.07, 6.45) is 4.44. The van der Waals surface area contributed by atoms with Gasteiger partial charge in [-0.05, 0) is 55.3 Å². The predicted molar refractivity (Wildman–Crippen MR) is 134 cm³/mol. The van der Waals surface area contributed by atoms with Crippen molar-refractivity contribution in [1.29, 1.82) is 0 Å². The quantitative estimate of drug-likeness (QED) is 0.591. The first-order chi connectivity index (χ1) is 17.0. The smallest absolute Gasteiger partial charge is 0.262 e. The molecule has 0 aromatic heterocycles. The Morgan fingerprint density at radius 1 is 0.943 bits per heavy atom. The summed E-state index contributed by atoms with van der Waals surface area (Å²) in [5.74, 6) is 0.873. The van der Waals surface area contributed by atoms with E-state index in [0.29, 0.717) is 43.5 Å². The van der Waals surface area contributed by atoms with Crippen molar-refractivity contribution in [3.05, 3.63) is 42.5 Å². The number of ether oxygens (including phenoxy) is 3. The van der Waals surface area contributed by atoms with E-state index in [4.69, 9.17) is 14.2 Å². The van der Waals surface area contributed by atoms with Crippen molar-refractivity contribution in [3.63, 3.8) is 0 Å². The van der Waals surface area contributed by atoms with Crippen LogP contribution in [0.15, 0.2) is 47.4 Å². The van der Waals surface area contributed by atoms with Crippen LogP contribution in [0.25, 0.3) is 0 Å². The van der Waals surface area contributed by atoms with Crippen LogP contribution in [-0.2, 0) is 19.6 Å². The molecule has 4 rings (SSSR count). The van der Waals surface area contributed by atoms with Crippen LogP contribution in [0, 0.1) is 0 Å². The van der Waals surface area contributed by atoms with E-state index in [1.54, 1.807) is 49.6 Å². The summed E-state index contributed by atoms with van der Waals surface area (Å²) < 4.78 is 44.0. The molecule has 0 unspecified atom stereocenters. The molecule has 2 aromatic carbocycles. The molecule has 2 fully saturated rings. The maximum Gasteiger partial charge on any atom is 0.262 e. The molecule has 2 heterocycles. The van der Waals surface area contributed by atoms with Crippen LogP contribution in [0.4, 0.5) is 11.4 Å². The van der Waals surface area contributed by atoms with Gasteiger partial charge in [0.15, 0.2) is 6.61 Å². The molecule has 35 heavy (non-hydrogen) atoms. The van der Waals surface area contributed by atoms with Crippen molar-refractivity contribution in [1.82, 2.24) is 4.31 Å². The van der Waals surface area contributed by atoms with Crippen molar-refractivity contribution in [2.24, 2.45) is 0 Å². The number of benzene rings is 2. The summed E-state index contributed by atoms with van der Waals surface area (Å²) >= 11 is 0. The normalized spacial score (nSPS) is 17.5. The number of sulfonamides is 1. The summed E-state index contributed by atoms with van der Waals surface area (Å²) in [5, 5.41) is 2.90. The monoisotopic (exact) mass is 503 g/mol. The van der Waals surface area contributed by atoms with Crippen molar-refractivity contribution in [2.75, 3.05) is 63.3 Å². The lowest BCUT2D eigenvalue weighted by Gasteiger charge is -2.28. The third kappa shape index (κ3) is 6.45. The van der Waals surface area contributed by atoms with Crippen LogP contribution in [0.5, 0.6) is 11.5 Å². The Morgan fingerprint density at radius 2 is 1.60 bits per heavy atom. The molecule has 2 aliphatic heterocycles. The van der Waals surface area contributed by atoms with Gasteiger partial charge < -0.3 is 24.4 Å². The van der Waals surface area contributed by atoms with Gasteiger partial charge in [0.05, 0.1) is 36.6 Å². The predicted octanol–water partition coefficient (Wildman–Crippen LogP) is 3.11. The maximum absolute atomic E-state index is 13.2. The standard InChI is InChI=1S/C25H33N3O6S/c1-32-20-6-8-21(9-7-20)34-19-25(29)26-23-18-22(35(30,31)28-14-16-33-17-15-28)10-11-24(23)27-12-4-2-3-5-13-27/h6-11,18H,2-5,12-17,19H2,1H3,(H,26,29). The highest BCUT2D eigenvalue weighted by Gasteiger charge is 2.28. The van der Waals surface area contributed by atoms with Crippen LogP contribution in [-0.4, -0.2) is 71.7 Å². The van der Waals surface area contributed by atoms with Crippen molar-refractivity contribution in [2.45, 2.75) is 30.6 Å². The highest BCUT2D eigenvalue weighted by molar-refractivity contribution is 7.89. The number of carbonyl (C=O) groups excluding carboxylic acids is 1. The zero-order valence-electron chi connectivity index (χ0n) is 20.1. The first-order valence-corrected chi connectivity index (χ1v) is 13.4. The van der Waals surface area contributed by atoms with E-state index >= 15 is 0 Å². The Bertz CT molecular complexity index is 1090. The first-order valence-electron chi connectivity index (χ1n) is 12.0. The van der Waals surface area contributed by atoms with Gasteiger partial charge in [-0.1, -0.05) is 12.8 Å². The molecule has 0 radical (unpaired) electrons. The second kappa shape index (κ2) is 11.7. The van der Waals surface area contributed by atoms with E-state index in [2.05, 4.69) is 10.2 Å². The van der Waals surface area contributed by atoms with Crippen molar-refractivity contribution in [3.8, 4) is 11.5 Å². The Kier molecular flexibility index (Phi) is 8.48. The molecule has 0 spiro atoms. The van der Waals surface area contributed by atoms with E-state index in [1.165, 1.54) is 4.31 Å². The summed E-state index contributed by atoms with van der Waals surface area (Å²) in [6, 6.07) is 12.0. The Morgan fingerprint density at radius 3 is 2.26 bits per heavy atom. The van der Waals surface area contributed by atoms with Gasteiger partial charge in [0, 0.05) is 26.2 Å². The number of morpholine rings is 1. The Labute approximate surface area is 207 Å². The van der Waals surface area contributed by atoms with E-state index in [-0.39, 0.29) is 17.4 Å². The minimum Gasteiger partial charge on any atom is -0.497 e. The summed E-state index contributed by atoms with van der Waals surface area (Å²) in [6.45, 7) is 2.89. The van der Waals surface area contributed by atoms with Gasteiger partial charge in [-0.25, -0.2) is 8.42 Å². The SMILES string of the molecule is COc1ccc(OCC(=O)Nc2cc(S(=O)(=O)N3CCOCC3)ccc2N2CCCCCC2)cc1. The van der Waals surface area contributed by atoms with Crippen LogP contribution >= 0.6 is 0 Å². The molecule has 0 saturated carbocycles. The fourth-order valence-corrected chi connectivity index (χ4v) is 5.74. The number of nitrogens with one attached hydrogen (secondary N) is 1. The van der Waals surface area contributed by atoms with Crippen LogP contribution in [0.3, 0.4) is 0 Å². The van der Waals surface area contributed by atoms with Gasteiger partial charge in [-0.3, -0.25) is 4.79 Å². The molecule has 0 bridgehead atoms. The highest BCUT2D eigenvalue weighted by atomic mass is 32.2. The van der Waals surface area contributed by atoms with Crippen LogP contribution in [0.1, 0.15) is 25.7 Å². The number of amides is 1. The second-order valence-corrected chi connectivity index (χ2v) is 10.5. The number of methoxy groups -OCH3 is 1. The molecule has 2 aromatic rings. The largest absolute Gasteiger partial charge is 0.497 e. The zero-order chi connectivity index (χ0) is 24.7. The van der Waals surface area contributed by atoms with Gasteiger partial charge in [0.2, 0.25) is 10.0 Å². The zero-order valence-corrected chi connectivity index (χ0v) is 20.9. The summed E-state index contributed by atoms with van der Waals surface area (Å²) in [7, 11) is -2.11. The van der Waals surface area contributed by atoms with E-state index < -0.39 is 10.0 Å². The Balaban J connectivity index is 1.54. The molecular formula is C25H33N3O6S. The summed E-state index contributed by atoms with van der Waals surface area (Å²) in [4.78, 5) is 15.2. The highest BCUT2D eigenvalue weighted by Crippen LogP contribution is 2.32. The van der Waals surface area contributed by atoms with Gasteiger partial charge >= 0.3 is 0 Å². The topological polar surface area (TPSA) is 97.4 Å². The lowest BCUT2D eigenvalue weighted by Crippen LogP contribution is -2.40. The molecule has 0 atom stereocenters. The number of carbonyl (C=O) groups is 1. The van der Waals surface area contributed by atoms with Crippen molar-refractivity contribution >= 4 is 27.3 Å². The fourth-order valence-electron chi connectivity index (χ4n) is 4.31. The number of hydrogen-bond acceptors (Lipinski definition) is 7. The number of rotatable bonds is 8. The fraction of sp³-hybridized carbons (Fsp3) is 0.480. The lowest BCUT2D eigenvalue weighted by atomic mass is 10.2. The number of nitrogens with zero attached hydrogens (tertiary/aromatic N) is 2. The van der Waals surface area contributed by atoms with E-state index in [0.717, 1.165) is 44.5 Å². The molecule has 2 aliphatic rings. The minimum atomic E-state index is -3.70. The van der Waals surface area contributed by atoms with Gasteiger partial charge in [-0.15, -0.1) is 0 Å². The lowest BCUT2D eigenvalue weighted by molar-refractivity contribution is -0.118. The average Bonchev–Trinajstić information content (AvgIpc) is 3.18.